The van der Waals surface area contributed by atoms with Crippen molar-refractivity contribution in [2.45, 2.75) is 20.5 Å². The molecule has 184 valence electrons. The number of halogens is 2. The molecule has 0 saturated carbocycles. The van der Waals surface area contributed by atoms with E-state index in [4.69, 9.17) is 32.7 Å². The number of ether oxygens (including phenoxy) is 2. The molecule has 4 rings (SSSR count). The van der Waals surface area contributed by atoms with Gasteiger partial charge in [0.25, 0.3) is 11.8 Å². The zero-order valence-corrected chi connectivity index (χ0v) is 21.0. The molecular weight excluding hydrogens is 503 g/mol. The van der Waals surface area contributed by atoms with E-state index in [-0.39, 0.29) is 12.2 Å². The van der Waals surface area contributed by atoms with E-state index in [2.05, 4.69) is 5.32 Å². The number of rotatable bonds is 7. The van der Waals surface area contributed by atoms with E-state index in [0.29, 0.717) is 39.4 Å². The summed E-state index contributed by atoms with van der Waals surface area (Å²) in [5.41, 5.74) is 2.51. The molecule has 0 aromatic heterocycles. The van der Waals surface area contributed by atoms with Gasteiger partial charge < -0.3 is 9.47 Å². The molecule has 1 N–H and O–H groups in total. The predicted molar refractivity (Wildman–Crippen MR) is 139 cm³/mol. The maximum absolute atomic E-state index is 13.1. The van der Waals surface area contributed by atoms with Crippen molar-refractivity contribution in [2.75, 3.05) is 11.5 Å². The van der Waals surface area contributed by atoms with Crippen molar-refractivity contribution in [3.8, 4) is 11.5 Å². The van der Waals surface area contributed by atoms with Crippen LogP contribution in [0.2, 0.25) is 10.0 Å². The molecule has 7 nitrogen and oxygen atoms in total. The van der Waals surface area contributed by atoms with Crippen LogP contribution in [0.3, 0.4) is 0 Å². The van der Waals surface area contributed by atoms with Crippen molar-refractivity contribution in [1.29, 1.82) is 0 Å². The van der Waals surface area contributed by atoms with Crippen molar-refractivity contribution in [3.05, 3.63) is 93.0 Å². The molecule has 3 aromatic rings. The molecule has 0 unspecified atom stereocenters. The molecule has 36 heavy (non-hydrogen) atoms. The Kier molecular flexibility index (Phi) is 7.62. The van der Waals surface area contributed by atoms with E-state index >= 15 is 0 Å². The summed E-state index contributed by atoms with van der Waals surface area (Å²) in [6.07, 6.45) is 1.41. The van der Waals surface area contributed by atoms with Gasteiger partial charge in [0.2, 0.25) is 0 Å². The first-order valence-electron chi connectivity index (χ1n) is 11.1. The second-order valence-electron chi connectivity index (χ2n) is 7.97. The van der Waals surface area contributed by atoms with Gasteiger partial charge in [-0.15, -0.1) is 0 Å². The Bertz CT molecular complexity index is 1370. The molecular formula is C27H22Cl2N2O5. The van der Waals surface area contributed by atoms with Crippen molar-refractivity contribution >= 4 is 52.8 Å². The quantitative estimate of drug-likeness (QED) is 0.305. The zero-order chi connectivity index (χ0) is 25.8. The minimum absolute atomic E-state index is 0.179. The lowest BCUT2D eigenvalue weighted by molar-refractivity contribution is -0.122. The molecule has 0 radical (unpaired) electrons. The lowest BCUT2D eigenvalue weighted by atomic mass is 10.1. The van der Waals surface area contributed by atoms with Gasteiger partial charge in [-0.1, -0.05) is 53.0 Å². The van der Waals surface area contributed by atoms with Crippen LogP contribution in [-0.2, 0) is 16.2 Å². The smallest absolute Gasteiger partial charge is 0.335 e. The fraction of sp³-hybridized carbons (Fsp3) is 0.148. The summed E-state index contributed by atoms with van der Waals surface area (Å²) < 4.78 is 11.6. The van der Waals surface area contributed by atoms with Crippen molar-refractivity contribution in [2.24, 2.45) is 0 Å². The number of imide groups is 2. The Morgan fingerprint density at radius 3 is 2.33 bits per heavy atom. The molecule has 1 aliphatic heterocycles. The van der Waals surface area contributed by atoms with Crippen LogP contribution >= 0.6 is 23.2 Å². The Morgan fingerprint density at radius 2 is 1.64 bits per heavy atom. The van der Waals surface area contributed by atoms with Gasteiger partial charge in [-0.3, -0.25) is 14.9 Å². The Hall–Kier alpha value is -3.81. The third-order valence-electron chi connectivity index (χ3n) is 5.35. The van der Waals surface area contributed by atoms with Crippen molar-refractivity contribution < 1.29 is 23.9 Å². The maximum atomic E-state index is 13.1. The molecule has 1 fully saturated rings. The topological polar surface area (TPSA) is 84.9 Å². The highest BCUT2D eigenvalue weighted by Gasteiger charge is 2.36. The summed E-state index contributed by atoms with van der Waals surface area (Å²) in [6.45, 7) is 4.33. The van der Waals surface area contributed by atoms with E-state index in [0.717, 1.165) is 16.0 Å². The number of carbonyl (C=O) groups is 3. The largest absolute Gasteiger partial charge is 0.490 e. The fourth-order valence-corrected chi connectivity index (χ4v) is 3.87. The van der Waals surface area contributed by atoms with E-state index in [1.165, 1.54) is 6.08 Å². The number of nitrogens with zero attached hydrogens (tertiary/aromatic N) is 1. The van der Waals surface area contributed by atoms with Crippen molar-refractivity contribution in [3.63, 3.8) is 0 Å². The number of hydrogen-bond acceptors (Lipinski definition) is 5. The van der Waals surface area contributed by atoms with Crippen LogP contribution in [0.4, 0.5) is 10.5 Å². The Morgan fingerprint density at radius 1 is 0.889 bits per heavy atom. The summed E-state index contributed by atoms with van der Waals surface area (Å²) in [4.78, 5) is 39.0. The lowest BCUT2D eigenvalue weighted by Crippen LogP contribution is -2.54. The highest BCUT2D eigenvalue weighted by atomic mass is 35.5. The standard InChI is InChI=1S/C27H22Cl2N2O5/c1-3-35-24-14-17(7-11-23(24)36-15-18-6-10-21(28)22(29)13-18)12-20-25(32)30-27(34)31(26(20)33)19-8-4-16(2)5-9-19/h4-14H,3,15H2,1-2H3,(H,30,32,34)/b20-12+. The van der Waals surface area contributed by atoms with Gasteiger partial charge in [-0.05, 0) is 67.4 Å². The first kappa shape index (κ1) is 25.3. The summed E-state index contributed by atoms with van der Waals surface area (Å²) >= 11 is 12.0. The van der Waals surface area contributed by atoms with Crippen LogP contribution in [0.25, 0.3) is 6.08 Å². The number of aryl methyl sites for hydroxylation is 1. The van der Waals surface area contributed by atoms with Gasteiger partial charge in [0.05, 0.1) is 22.3 Å². The normalized spacial score (nSPS) is 14.7. The molecule has 9 heteroatoms. The number of nitrogens with one attached hydrogen (secondary N) is 1. The van der Waals surface area contributed by atoms with Crippen LogP contribution in [0.15, 0.2) is 66.2 Å². The SMILES string of the molecule is CCOc1cc(/C=C2\C(=O)NC(=O)N(c3ccc(C)cc3)C2=O)ccc1OCc1ccc(Cl)c(Cl)c1. The minimum Gasteiger partial charge on any atom is -0.490 e. The average Bonchev–Trinajstić information content (AvgIpc) is 2.84. The van der Waals surface area contributed by atoms with E-state index < -0.39 is 17.8 Å². The molecule has 4 amide bonds. The summed E-state index contributed by atoms with van der Waals surface area (Å²) in [7, 11) is 0. The summed E-state index contributed by atoms with van der Waals surface area (Å²) in [5.74, 6) is -0.584. The Balaban J connectivity index is 1.60. The van der Waals surface area contributed by atoms with Gasteiger partial charge >= 0.3 is 6.03 Å². The maximum Gasteiger partial charge on any atom is 0.335 e. The molecule has 0 bridgehead atoms. The second-order valence-corrected chi connectivity index (χ2v) is 8.78. The van der Waals surface area contributed by atoms with Gasteiger partial charge in [0, 0.05) is 0 Å². The van der Waals surface area contributed by atoms with Gasteiger partial charge in [-0.2, -0.15) is 0 Å². The number of amides is 4. The minimum atomic E-state index is -0.799. The molecule has 0 spiro atoms. The first-order chi connectivity index (χ1) is 17.3. The first-order valence-corrected chi connectivity index (χ1v) is 11.8. The van der Waals surface area contributed by atoms with Crippen LogP contribution in [-0.4, -0.2) is 24.5 Å². The molecule has 0 aliphatic carbocycles. The highest BCUT2D eigenvalue weighted by molar-refractivity contribution is 6.42. The summed E-state index contributed by atoms with van der Waals surface area (Å²) in [6, 6.07) is 16.3. The molecule has 1 heterocycles. The highest BCUT2D eigenvalue weighted by Crippen LogP contribution is 2.31. The average molecular weight is 525 g/mol. The number of hydrogen-bond donors (Lipinski definition) is 1. The lowest BCUT2D eigenvalue weighted by Gasteiger charge is -2.26. The fourth-order valence-electron chi connectivity index (χ4n) is 3.54. The van der Waals surface area contributed by atoms with Crippen LogP contribution in [0.1, 0.15) is 23.6 Å². The zero-order valence-electron chi connectivity index (χ0n) is 19.5. The Labute approximate surface area is 218 Å². The number of carbonyl (C=O) groups excluding carboxylic acids is 3. The van der Waals surface area contributed by atoms with Crippen LogP contribution in [0.5, 0.6) is 11.5 Å². The monoisotopic (exact) mass is 524 g/mol. The van der Waals surface area contributed by atoms with E-state index in [1.807, 2.05) is 19.9 Å². The number of benzene rings is 3. The van der Waals surface area contributed by atoms with E-state index in [9.17, 15) is 14.4 Å². The second kappa shape index (κ2) is 10.8. The van der Waals surface area contributed by atoms with Gasteiger partial charge in [0.15, 0.2) is 11.5 Å². The molecule has 1 aliphatic rings. The third kappa shape index (κ3) is 5.53. The molecule has 3 aromatic carbocycles. The van der Waals surface area contributed by atoms with Gasteiger partial charge in [-0.25, -0.2) is 9.69 Å². The van der Waals surface area contributed by atoms with Crippen LogP contribution < -0.4 is 19.7 Å². The van der Waals surface area contributed by atoms with Gasteiger partial charge in [0.1, 0.15) is 12.2 Å². The summed E-state index contributed by atoms with van der Waals surface area (Å²) in [5, 5.41) is 3.11. The number of anilines is 1. The molecule has 0 atom stereocenters. The van der Waals surface area contributed by atoms with E-state index in [1.54, 1.807) is 54.6 Å². The van der Waals surface area contributed by atoms with Crippen LogP contribution in [0, 0.1) is 6.92 Å². The number of urea groups is 1. The van der Waals surface area contributed by atoms with Crippen molar-refractivity contribution in [1.82, 2.24) is 5.32 Å². The molecule has 1 saturated heterocycles. The number of barbiturate groups is 1. The predicted octanol–water partition coefficient (Wildman–Crippen LogP) is 5.95. The third-order valence-corrected chi connectivity index (χ3v) is 6.09.